The molecule has 0 amide bonds. The predicted molar refractivity (Wildman–Crippen MR) is 114 cm³/mol. The van der Waals surface area contributed by atoms with Crippen LogP contribution in [0.25, 0.3) is 39.9 Å². The van der Waals surface area contributed by atoms with Crippen molar-refractivity contribution in [1.29, 1.82) is 0 Å². The number of fused-ring (bicyclic) bond motifs is 1. The Morgan fingerprint density at radius 3 is 1.96 bits per heavy atom. The molecule has 0 spiro atoms. The third-order valence-electron chi connectivity index (χ3n) is 4.86. The molecule has 1 nitrogen and oxygen atoms in total. The topological polar surface area (TPSA) is 4.93 Å². The first-order valence-electron chi connectivity index (χ1n) is 8.78. The second kappa shape index (κ2) is 6.53. The van der Waals surface area contributed by atoms with Crippen molar-refractivity contribution >= 4 is 23.1 Å². The number of aromatic nitrogens is 1. The Bertz CT molecular complexity index is 1090. The minimum absolute atomic E-state index is 1.07. The Morgan fingerprint density at radius 1 is 0.731 bits per heavy atom. The largest absolute Gasteiger partial charge is 0.309 e. The number of benzene rings is 3. The second-order valence-corrected chi connectivity index (χ2v) is 6.47. The monoisotopic (exact) mass is 335 g/mol. The number of rotatable bonds is 4. The molecule has 1 heteroatoms. The lowest BCUT2D eigenvalue weighted by atomic mass is 10.0. The fourth-order valence-electron chi connectivity index (χ4n) is 3.53. The molecule has 0 N–H and O–H groups in total. The van der Waals surface area contributed by atoms with Gasteiger partial charge in [0, 0.05) is 16.6 Å². The summed E-state index contributed by atoms with van der Waals surface area (Å²) in [4.78, 5) is 0. The van der Waals surface area contributed by atoms with E-state index in [-0.39, 0.29) is 0 Å². The van der Waals surface area contributed by atoms with Gasteiger partial charge < -0.3 is 4.57 Å². The van der Waals surface area contributed by atoms with Crippen molar-refractivity contribution in [3.05, 3.63) is 103 Å². The Hall–Kier alpha value is -3.32. The zero-order valence-electron chi connectivity index (χ0n) is 14.9. The average Bonchev–Trinajstić information content (AvgIpc) is 3.02. The van der Waals surface area contributed by atoms with Gasteiger partial charge in [-0.3, -0.25) is 0 Å². The molecule has 0 atom stereocenters. The molecule has 0 radical (unpaired) electrons. The van der Waals surface area contributed by atoms with Crippen molar-refractivity contribution in [2.75, 3.05) is 0 Å². The van der Waals surface area contributed by atoms with Gasteiger partial charge in [0.05, 0.1) is 11.2 Å². The van der Waals surface area contributed by atoms with E-state index in [4.69, 9.17) is 0 Å². The van der Waals surface area contributed by atoms with E-state index in [9.17, 15) is 0 Å². The van der Waals surface area contributed by atoms with Crippen LogP contribution in [0, 0.1) is 6.92 Å². The highest BCUT2D eigenvalue weighted by Crippen LogP contribution is 2.32. The molecule has 0 saturated heterocycles. The van der Waals surface area contributed by atoms with Crippen LogP contribution in [0.4, 0.5) is 0 Å². The van der Waals surface area contributed by atoms with Gasteiger partial charge in [-0.2, -0.15) is 0 Å². The van der Waals surface area contributed by atoms with Gasteiger partial charge >= 0.3 is 0 Å². The fourth-order valence-corrected chi connectivity index (χ4v) is 3.53. The molecule has 4 rings (SSSR count). The van der Waals surface area contributed by atoms with Gasteiger partial charge in [-0.15, -0.1) is 0 Å². The van der Waals surface area contributed by atoms with Crippen LogP contribution in [0.5, 0.6) is 0 Å². The van der Waals surface area contributed by atoms with Gasteiger partial charge in [-0.05, 0) is 42.3 Å². The van der Waals surface area contributed by atoms with E-state index in [0.717, 1.165) is 16.9 Å². The van der Waals surface area contributed by atoms with Crippen LogP contribution in [0.1, 0.15) is 16.8 Å². The lowest BCUT2D eigenvalue weighted by Gasteiger charge is -2.10. The van der Waals surface area contributed by atoms with Gasteiger partial charge in [0.15, 0.2) is 0 Å². The molecule has 126 valence electrons. The Labute approximate surface area is 154 Å². The molecule has 0 aliphatic rings. The van der Waals surface area contributed by atoms with Crippen molar-refractivity contribution in [1.82, 2.24) is 4.57 Å². The Morgan fingerprint density at radius 2 is 1.35 bits per heavy atom. The van der Waals surface area contributed by atoms with Crippen LogP contribution in [0.3, 0.4) is 0 Å². The maximum Gasteiger partial charge on any atom is 0.0541 e. The molecule has 0 fully saturated rings. The summed E-state index contributed by atoms with van der Waals surface area (Å²) in [6.45, 7) is 10.1. The van der Waals surface area contributed by atoms with Crippen LogP contribution in [0.2, 0.25) is 0 Å². The van der Waals surface area contributed by atoms with Crippen molar-refractivity contribution < 1.29 is 0 Å². The van der Waals surface area contributed by atoms with Crippen molar-refractivity contribution in [3.8, 4) is 16.8 Å². The molecule has 1 heterocycles. The molecule has 0 aliphatic carbocycles. The van der Waals surface area contributed by atoms with E-state index >= 15 is 0 Å². The van der Waals surface area contributed by atoms with E-state index in [0.29, 0.717) is 0 Å². The lowest BCUT2D eigenvalue weighted by Crippen LogP contribution is -1.96. The quantitative estimate of drug-likeness (QED) is 0.382. The summed E-state index contributed by atoms with van der Waals surface area (Å²) in [6, 6.07) is 25.7. The highest BCUT2D eigenvalue weighted by atomic mass is 15.0. The van der Waals surface area contributed by atoms with E-state index in [1.165, 1.54) is 27.6 Å². The highest BCUT2D eigenvalue weighted by molar-refractivity contribution is 5.95. The van der Waals surface area contributed by atoms with Crippen LogP contribution < -0.4 is 0 Å². The van der Waals surface area contributed by atoms with E-state index < -0.39 is 0 Å². The van der Waals surface area contributed by atoms with Crippen LogP contribution in [-0.2, 0) is 0 Å². The average molecular weight is 335 g/mol. The molecule has 3 aromatic carbocycles. The summed E-state index contributed by atoms with van der Waals surface area (Å²) in [7, 11) is 0. The van der Waals surface area contributed by atoms with E-state index in [2.05, 4.69) is 97.4 Å². The molecule has 0 saturated carbocycles. The summed E-state index contributed by atoms with van der Waals surface area (Å²) in [5.74, 6) is 0. The van der Waals surface area contributed by atoms with E-state index in [1.54, 1.807) is 0 Å². The first-order valence-corrected chi connectivity index (χ1v) is 8.78. The maximum atomic E-state index is 4.03. The molecular formula is C25H21N. The summed E-state index contributed by atoms with van der Waals surface area (Å²) in [6.07, 6.45) is 3.82. The highest BCUT2D eigenvalue weighted by Gasteiger charge is 2.14. The first kappa shape index (κ1) is 16.2. The second-order valence-electron chi connectivity index (χ2n) is 6.47. The summed E-state index contributed by atoms with van der Waals surface area (Å²) < 4.78 is 2.25. The summed E-state index contributed by atoms with van der Waals surface area (Å²) in [5, 5.41) is 1.19. The van der Waals surface area contributed by atoms with E-state index in [1.807, 2.05) is 12.2 Å². The Kier molecular flexibility index (Phi) is 4.06. The number of para-hydroxylation sites is 1. The Balaban J connectivity index is 1.87. The third-order valence-corrected chi connectivity index (χ3v) is 4.86. The van der Waals surface area contributed by atoms with Crippen LogP contribution in [-0.4, -0.2) is 4.57 Å². The first-order chi connectivity index (χ1) is 12.7. The van der Waals surface area contributed by atoms with Crippen molar-refractivity contribution in [3.63, 3.8) is 0 Å². The SMILES string of the molecule is C=Cc1c(C=C)n(-c2ccc(-c3ccc(C)cc3)cc2)c2ccccc12. The third kappa shape index (κ3) is 2.58. The molecule has 26 heavy (non-hydrogen) atoms. The normalized spacial score (nSPS) is 10.8. The summed E-state index contributed by atoms with van der Waals surface area (Å²) >= 11 is 0. The molecule has 0 aliphatic heterocycles. The molecular weight excluding hydrogens is 314 g/mol. The number of aryl methyl sites for hydroxylation is 1. The molecule has 0 unspecified atom stereocenters. The van der Waals surface area contributed by atoms with Gasteiger partial charge in [0.1, 0.15) is 0 Å². The number of hydrogen-bond acceptors (Lipinski definition) is 0. The standard InChI is InChI=1S/C25H21N/c1-4-22-23-8-6-7-9-25(23)26(24(22)5-2)21-16-14-20(15-17-21)19-12-10-18(3)11-13-19/h4-17H,1-2H2,3H3. The fraction of sp³-hybridized carbons (Fsp3) is 0.0400. The minimum Gasteiger partial charge on any atom is -0.309 e. The number of nitrogens with zero attached hydrogens (tertiary/aromatic N) is 1. The van der Waals surface area contributed by atoms with Crippen LogP contribution in [0.15, 0.2) is 86.0 Å². The molecule has 4 aromatic rings. The van der Waals surface area contributed by atoms with Gasteiger partial charge in [0.25, 0.3) is 0 Å². The smallest absolute Gasteiger partial charge is 0.0541 e. The number of hydrogen-bond donors (Lipinski definition) is 0. The van der Waals surface area contributed by atoms with Gasteiger partial charge in [-0.25, -0.2) is 0 Å². The van der Waals surface area contributed by atoms with Crippen molar-refractivity contribution in [2.24, 2.45) is 0 Å². The van der Waals surface area contributed by atoms with Crippen LogP contribution >= 0.6 is 0 Å². The van der Waals surface area contributed by atoms with Crippen molar-refractivity contribution in [2.45, 2.75) is 6.92 Å². The van der Waals surface area contributed by atoms with Gasteiger partial charge in [0.2, 0.25) is 0 Å². The maximum absolute atomic E-state index is 4.03. The predicted octanol–water partition coefficient (Wildman–Crippen LogP) is 6.89. The van der Waals surface area contributed by atoms with Gasteiger partial charge in [-0.1, -0.05) is 79.4 Å². The zero-order chi connectivity index (χ0) is 18.1. The minimum atomic E-state index is 1.07. The molecule has 1 aromatic heterocycles. The molecule has 0 bridgehead atoms. The lowest BCUT2D eigenvalue weighted by molar-refractivity contribution is 1.11. The summed E-state index contributed by atoms with van der Waals surface area (Å²) in [5.41, 5.74) is 8.21. The zero-order valence-corrected chi connectivity index (χ0v) is 14.9.